The Morgan fingerprint density at radius 3 is 2.38 bits per heavy atom. The van der Waals surface area contributed by atoms with E-state index in [1.165, 1.54) is 11.0 Å². The molecule has 39 heavy (non-hydrogen) atoms. The summed E-state index contributed by atoms with van der Waals surface area (Å²) in [5.41, 5.74) is 1.47. The summed E-state index contributed by atoms with van der Waals surface area (Å²) in [7, 11) is 0. The fourth-order valence-electron chi connectivity index (χ4n) is 4.52. The van der Waals surface area contributed by atoms with Gasteiger partial charge in [0.2, 0.25) is 5.91 Å². The normalized spacial score (nSPS) is 13.7. The molecule has 1 aromatic heterocycles. The van der Waals surface area contributed by atoms with E-state index >= 15 is 0 Å². The van der Waals surface area contributed by atoms with E-state index in [0.717, 1.165) is 24.4 Å². The zero-order valence-electron chi connectivity index (χ0n) is 22.4. The highest BCUT2D eigenvalue weighted by Gasteiger charge is 2.26. The van der Waals surface area contributed by atoms with Crippen molar-refractivity contribution in [2.45, 2.75) is 26.9 Å². The third-order valence-corrected chi connectivity index (χ3v) is 6.77. The highest BCUT2D eigenvalue weighted by Crippen LogP contribution is 2.21. The van der Waals surface area contributed by atoms with Gasteiger partial charge in [-0.15, -0.1) is 0 Å². The van der Waals surface area contributed by atoms with E-state index in [1.807, 2.05) is 49.4 Å². The van der Waals surface area contributed by atoms with Crippen molar-refractivity contribution in [2.24, 2.45) is 0 Å². The number of nitro groups is 1. The van der Waals surface area contributed by atoms with E-state index < -0.39 is 10.8 Å². The molecule has 1 aliphatic heterocycles. The molecule has 10 heteroatoms. The third kappa shape index (κ3) is 7.75. The fourth-order valence-corrected chi connectivity index (χ4v) is 4.52. The maximum Gasteiger partial charge on any atom is 0.273 e. The van der Waals surface area contributed by atoms with Crippen molar-refractivity contribution in [3.8, 4) is 0 Å². The zero-order chi connectivity index (χ0) is 27.8. The second-order valence-electron chi connectivity index (χ2n) is 9.69. The molecule has 0 aliphatic carbocycles. The van der Waals surface area contributed by atoms with Crippen molar-refractivity contribution in [1.82, 2.24) is 14.7 Å². The summed E-state index contributed by atoms with van der Waals surface area (Å²) in [6.07, 6.45) is 0. The van der Waals surface area contributed by atoms with Crippen molar-refractivity contribution >= 4 is 17.5 Å². The molecule has 3 aromatic rings. The molecule has 1 aliphatic rings. The molecule has 0 atom stereocenters. The van der Waals surface area contributed by atoms with Crippen LogP contribution >= 0.6 is 0 Å². The summed E-state index contributed by atoms with van der Waals surface area (Å²) in [5.74, 6) is 0.732. The van der Waals surface area contributed by atoms with Gasteiger partial charge < -0.3 is 19.0 Å². The first-order chi connectivity index (χ1) is 18.8. The Morgan fingerprint density at radius 2 is 1.72 bits per heavy atom. The molecule has 0 spiro atoms. The summed E-state index contributed by atoms with van der Waals surface area (Å²) < 4.78 is 11.2. The number of benzene rings is 2. The second-order valence-corrected chi connectivity index (χ2v) is 9.69. The van der Waals surface area contributed by atoms with Crippen LogP contribution in [0.2, 0.25) is 0 Å². The van der Waals surface area contributed by atoms with E-state index in [0.29, 0.717) is 44.2 Å². The molecule has 0 bridgehead atoms. The Hall–Kier alpha value is -4.02. The molecule has 4 rings (SSSR count). The topological polar surface area (TPSA) is 109 Å². The van der Waals surface area contributed by atoms with Gasteiger partial charge in [0.15, 0.2) is 0 Å². The maximum absolute atomic E-state index is 13.7. The number of ether oxygens (including phenoxy) is 1. The van der Waals surface area contributed by atoms with Gasteiger partial charge in [-0.2, -0.15) is 0 Å². The van der Waals surface area contributed by atoms with Gasteiger partial charge in [-0.25, -0.2) is 0 Å². The van der Waals surface area contributed by atoms with Gasteiger partial charge in [-0.3, -0.25) is 24.6 Å². The van der Waals surface area contributed by atoms with Crippen molar-refractivity contribution < 1.29 is 23.7 Å². The van der Waals surface area contributed by atoms with Crippen LogP contribution in [0.1, 0.15) is 33.0 Å². The number of nitro benzene ring substituents is 1. The Morgan fingerprint density at radius 1 is 0.974 bits per heavy atom. The number of hydrogen-bond donors (Lipinski definition) is 0. The van der Waals surface area contributed by atoms with Gasteiger partial charge in [-0.05, 0) is 37.6 Å². The predicted molar refractivity (Wildman–Crippen MR) is 145 cm³/mol. The average molecular weight is 535 g/mol. The van der Waals surface area contributed by atoms with Crippen LogP contribution in [0.5, 0.6) is 0 Å². The van der Waals surface area contributed by atoms with E-state index in [1.54, 1.807) is 24.0 Å². The lowest BCUT2D eigenvalue weighted by atomic mass is 10.1. The Kier molecular flexibility index (Phi) is 9.45. The van der Waals surface area contributed by atoms with E-state index in [2.05, 4.69) is 4.90 Å². The minimum Gasteiger partial charge on any atom is -0.464 e. The van der Waals surface area contributed by atoms with Crippen LogP contribution in [0, 0.1) is 24.0 Å². The molecule has 2 aromatic carbocycles. The van der Waals surface area contributed by atoms with Crippen molar-refractivity contribution in [1.29, 1.82) is 0 Å². The summed E-state index contributed by atoms with van der Waals surface area (Å²) in [5, 5.41) is 11.5. The molecule has 2 amide bonds. The molecular formula is C29H34N4O6. The van der Waals surface area contributed by atoms with E-state index in [-0.39, 0.29) is 30.2 Å². The zero-order valence-corrected chi connectivity index (χ0v) is 22.4. The molecule has 1 saturated heterocycles. The lowest BCUT2D eigenvalue weighted by molar-refractivity contribution is -0.385. The summed E-state index contributed by atoms with van der Waals surface area (Å²) >= 11 is 0. The molecule has 206 valence electrons. The number of furan rings is 1. The number of morpholine rings is 1. The van der Waals surface area contributed by atoms with Gasteiger partial charge in [0.05, 0.1) is 24.7 Å². The summed E-state index contributed by atoms with van der Waals surface area (Å²) in [4.78, 5) is 43.7. The lowest BCUT2D eigenvalue weighted by Gasteiger charge is -2.31. The minimum atomic E-state index is -0.498. The summed E-state index contributed by atoms with van der Waals surface area (Å²) in [6.45, 7) is 7.48. The highest BCUT2D eigenvalue weighted by atomic mass is 16.6. The molecule has 10 nitrogen and oxygen atoms in total. The Balaban J connectivity index is 1.57. The van der Waals surface area contributed by atoms with Crippen molar-refractivity contribution in [2.75, 3.05) is 45.9 Å². The largest absolute Gasteiger partial charge is 0.464 e. The van der Waals surface area contributed by atoms with Crippen LogP contribution in [-0.4, -0.2) is 77.4 Å². The number of nitrogens with zero attached hydrogens (tertiary/aromatic N) is 4. The van der Waals surface area contributed by atoms with Crippen molar-refractivity contribution in [3.63, 3.8) is 0 Å². The molecule has 0 saturated carbocycles. The SMILES string of the molecule is Cc1ccc(CN(Cc2ccccc2)C(=O)CN(CCN2CCOCC2)C(=O)c2ccc(C)c([N+](=O)[O-])c2)o1. The monoisotopic (exact) mass is 534 g/mol. The van der Waals surface area contributed by atoms with Gasteiger partial charge in [0.25, 0.3) is 11.6 Å². The quantitative estimate of drug-likeness (QED) is 0.272. The van der Waals surface area contributed by atoms with Crippen LogP contribution in [0.3, 0.4) is 0 Å². The molecule has 0 unspecified atom stereocenters. The van der Waals surface area contributed by atoms with Crippen LogP contribution in [0.4, 0.5) is 5.69 Å². The number of hydrogen-bond acceptors (Lipinski definition) is 7. The maximum atomic E-state index is 13.7. The highest BCUT2D eigenvalue weighted by molar-refractivity contribution is 5.97. The second kappa shape index (κ2) is 13.2. The number of carbonyl (C=O) groups is 2. The molecule has 0 radical (unpaired) electrons. The standard InChI is InChI=1S/C29H34N4O6/c1-22-8-10-25(18-27(22)33(36)37)29(35)31(13-12-30-14-16-38-17-15-30)21-28(34)32(19-24-6-4-3-5-7-24)20-26-11-9-23(2)39-26/h3-11,18H,12-17,19-21H2,1-2H3. The number of aryl methyl sites for hydroxylation is 2. The lowest BCUT2D eigenvalue weighted by Crippen LogP contribution is -2.47. The first-order valence-electron chi connectivity index (χ1n) is 13.0. The minimum absolute atomic E-state index is 0.126. The van der Waals surface area contributed by atoms with Gasteiger partial charge in [0.1, 0.15) is 18.1 Å². The number of carbonyl (C=O) groups excluding carboxylic acids is 2. The number of rotatable bonds is 11. The predicted octanol–water partition coefficient (Wildman–Crippen LogP) is 3.81. The first kappa shape index (κ1) is 28.0. The van der Waals surface area contributed by atoms with Crippen molar-refractivity contribution in [3.05, 3.63) is 99.0 Å². The van der Waals surface area contributed by atoms with Crippen LogP contribution in [-0.2, 0) is 22.6 Å². The van der Waals surface area contributed by atoms with E-state index in [4.69, 9.17) is 9.15 Å². The fraction of sp³-hybridized carbons (Fsp3) is 0.379. The Bertz CT molecular complexity index is 1290. The van der Waals surface area contributed by atoms with Gasteiger partial charge >= 0.3 is 0 Å². The smallest absolute Gasteiger partial charge is 0.273 e. The van der Waals surface area contributed by atoms with Gasteiger partial charge in [-0.1, -0.05) is 36.4 Å². The van der Waals surface area contributed by atoms with Crippen LogP contribution < -0.4 is 0 Å². The van der Waals surface area contributed by atoms with Gasteiger partial charge in [0, 0.05) is 49.9 Å². The van der Waals surface area contributed by atoms with E-state index in [9.17, 15) is 19.7 Å². The average Bonchev–Trinajstić information content (AvgIpc) is 3.35. The van der Waals surface area contributed by atoms with Crippen LogP contribution in [0.15, 0.2) is 65.1 Å². The first-order valence-corrected chi connectivity index (χ1v) is 13.0. The molecule has 0 N–H and O–H groups in total. The number of amides is 2. The summed E-state index contributed by atoms with van der Waals surface area (Å²) in [6, 6.07) is 17.8. The Labute approximate surface area is 227 Å². The molecular weight excluding hydrogens is 500 g/mol. The molecule has 2 heterocycles. The molecule has 1 fully saturated rings. The third-order valence-electron chi connectivity index (χ3n) is 6.77. The van der Waals surface area contributed by atoms with Crippen LogP contribution in [0.25, 0.3) is 0 Å².